The Bertz CT molecular complexity index is 1190. The number of hydrogen-bond acceptors (Lipinski definition) is 6. The van der Waals surface area contributed by atoms with Gasteiger partial charge in [0.1, 0.15) is 16.5 Å². The number of aromatic nitrogens is 6. The fraction of sp³-hybridized carbons (Fsp3) is 0.286. The first-order chi connectivity index (χ1) is 14.7. The molecule has 30 heavy (non-hydrogen) atoms. The molecule has 1 aliphatic heterocycles. The average molecular weight is 420 g/mol. The molecule has 0 saturated carbocycles. The molecule has 3 aromatic heterocycles. The normalized spacial score (nSPS) is 13.6. The summed E-state index contributed by atoms with van der Waals surface area (Å²) in [6.07, 6.45) is 8.15. The van der Waals surface area contributed by atoms with E-state index in [1.165, 1.54) is 24.2 Å². The van der Waals surface area contributed by atoms with E-state index in [2.05, 4.69) is 30.2 Å². The van der Waals surface area contributed by atoms with Gasteiger partial charge < -0.3 is 9.88 Å². The number of aryl methyl sites for hydroxylation is 2. The van der Waals surface area contributed by atoms with Crippen LogP contribution in [0.4, 0.5) is 5.69 Å². The Labute approximate surface area is 177 Å². The largest absolute Gasteiger partial charge is 0.321 e. The Morgan fingerprint density at radius 2 is 1.97 bits per heavy atom. The van der Waals surface area contributed by atoms with Gasteiger partial charge in [-0.15, -0.1) is 21.5 Å². The molecule has 4 aromatic rings. The number of rotatable bonds is 4. The van der Waals surface area contributed by atoms with Crippen molar-refractivity contribution in [2.24, 2.45) is 7.05 Å². The van der Waals surface area contributed by atoms with Crippen molar-refractivity contribution < 1.29 is 4.79 Å². The van der Waals surface area contributed by atoms with Gasteiger partial charge in [-0.1, -0.05) is 6.42 Å². The van der Waals surface area contributed by atoms with Crippen LogP contribution in [0, 0.1) is 0 Å². The van der Waals surface area contributed by atoms with Crippen molar-refractivity contribution in [2.45, 2.75) is 32.2 Å². The Balaban J connectivity index is 1.30. The highest BCUT2D eigenvalue weighted by atomic mass is 32.1. The first kappa shape index (κ1) is 18.7. The zero-order chi connectivity index (χ0) is 20.5. The van der Waals surface area contributed by atoms with Crippen LogP contribution >= 0.6 is 11.3 Å². The number of amides is 1. The molecule has 0 saturated heterocycles. The topological polar surface area (TPSA) is 90.5 Å². The molecule has 5 rings (SSSR count). The maximum Gasteiger partial charge on any atom is 0.275 e. The third kappa shape index (κ3) is 3.63. The number of thiazole rings is 1. The fourth-order valence-electron chi connectivity index (χ4n) is 3.64. The molecule has 0 atom stereocenters. The number of nitrogens with one attached hydrogen (secondary N) is 1. The van der Waals surface area contributed by atoms with Crippen LogP contribution in [0.5, 0.6) is 0 Å². The van der Waals surface area contributed by atoms with E-state index < -0.39 is 0 Å². The third-order valence-corrected chi connectivity index (χ3v) is 6.09. The Morgan fingerprint density at radius 1 is 1.10 bits per heavy atom. The molecule has 9 heteroatoms. The van der Waals surface area contributed by atoms with Crippen molar-refractivity contribution in [3.8, 4) is 22.0 Å². The lowest BCUT2D eigenvalue weighted by atomic mass is 10.2. The number of carbonyl (C=O) groups excluding carboxylic acids is 1. The van der Waals surface area contributed by atoms with Gasteiger partial charge in [0.2, 0.25) is 0 Å². The molecule has 152 valence electrons. The average Bonchev–Trinajstić information content (AvgIpc) is 3.46. The van der Waals surface area contributed by atoms with Crippen LogP contribution in [0.15, 0.2) is 42.0 Å². The van der Waals surface area contributed by atoms with Gasteiger partial charge in [0, 0.05) is 48.4 Å². The number of benzene rings is 1. The molecular formula is C21H21N7OS. The molecule has 1 aliphatic rings. The maximum atomic E-state index is 12.6. The number of fused-ring (bicyclic) bond motifs is 1. The quantitative estimate of drug-likeness (QED) is 0.544. The van der Waals surface area contributed by atoms with Gasteiger partial charge in [-0.05, 0) is 37.1 Å². The smallest absolute Gasteiger partial charge is 0.275 e. The summed E-state index contributed by atoms with van der Waals surface area (Å²) in [4.78, 5) is 17.0. The molecule has 0 fully saturated rings. The van der Waals surface area contributed by atoms with Gasteiger partial charge in [-0.3, -0.25) is 9.48 Å². The second-order valence-electron chi connectivity index (χ2n) is 7.37. The van der Waals surface area contributed by atoms with E-state index in [4.69, 9.17) is 0 Å². The summed E-state index contributed by atoms with van der Waals surface area (Å²) >= 11 is 1.43. The SMILES string of the molecule is Cn1cc(-c2nc(C(=O)Nc3ccc(-c4nnc5n4CCCCC5)cc3)cs2)cn1. The van der Waals surface area contributed by atoms with Gasteiger partial charge in [0.05, 0.1) is 6.20 Å². The van der Waals surface area contributed by atoms with Gasteiger partial charge in [-0.25, -0.2) is 4.98 Å². The fourth-order valence-corrected chi connectivity index (χ4v) is 4.41. The van der Waals surface area contributed by atoms with Crippen LogP contribution in [0.1, 0.15) is 35.6 Å². The number of carbonyl (C=O) groups is 1. The summed E-state index contributed by atoms with van der Waals surface area (Å²) in [5, 5.41) is 18.4. The molecule has 0 aliphatic carbocycles. The first-order valence-electron chi connectivity index (χ1n) is 9.96. The number of anilines is 1. The van der Waals surface area contributed by atoms with Gasteiger partial charge in [-0.2, -0.15) is 5.10 Å². The molecule has 1 N–H and O–H groups in total. The van der Waals surface area contributed by atoms with Crippen LogP contribution in [0.25, 0.3) is 22.0 Å². The van der Waals surface area contributed by atoms with Crippen LogP contribution < -0.4 is 5.32 Å². The molecule has 1 aromatic carbocycles. The second-order valence-corrected chi connectivity index (χ2v) is 8.23. The Kier molecular flexibility index (Phi) is 4.88. The molecule has 0 bridgehead atoms. The van der Waals surface area contributed by atoms with E-state index in [-0.39, 0.29) is 5.91 Å². The maximum absolute atomic E-state index is 12.6. The van der Waals surface area contributed by atoms with Crippen LogP contribution in [-0.4, -0.2) is 35.4 Å². The molecule has 1 amide bonds. The van der Waals surface area contributed by atoms with Crippen molar-refractivity contribution in [1.82, 2.24) is 29.5 Å². The summed E-state index contributed by atoms with van der Waals surface area (Å²) in [5.74, 6) is 1.73. The van der Waals surface area contributed by atoms with E-state index in [1.807, 2.05) is 37.5 Å². The lowest BCUT2D eigenvalue weighted by Gasteiger charge is -2.08. The van der Waals surface area contributed by atoms with E-state index in [0.29, 0.717) is 5.69 Å². The van der Waals surface area contributed by atoms with Crippen molar-refractivity contribution in [3.63, 3.8) is 0 Å². The third-order valence-electron chi connectivity index (χ3n) is 5.20. The molecule has 0 radical (unpaired) electrons. The second kappa shape index (κ2) is 7.83. The van der Waals surface area contributed by atoms with Crippen LogP contribution in [0.2, 0.25) is 0 Å². The molecule has 0 unspecified atom stereocenters. The van der Waals surface area contributed by atoms with Gasteiger partial charge >= 0.3 is 0 Å². The standard InChI is InChI=1S/C21H21N7OS/c1-27-12-15(11-22-27)21-24-17(13-30-21)20(29)23-16-8-6-14(7-9-16)19-26-25-18-5-3-2-4-10-28(18)19/h6-9,11-13H,2-5,10H2,1H3,(H,23,29). The van der Waals surface area contributed by atoms with E-state index in [9.17, 15) is 4.79 Å². The van der Waals surface area contributed by atoms with E-state index in [0.717, 1.165) is 52.9 Å². The van der Waals surface area contributed by atoms with E-state index >= 15 is 0 Å². The highest BCUT2D eigenvalue weighted by Crippen LogP contribution is 2.25. The summed E-state index contributed by atoms with van der Waals surface area (Å²) in [7, 11) is 1.85. The van der Waals surface area contributed by atoms with Gasteiger partial charge in [0.25, 0.3) is 5.91 Å². The van der Waals surface area contributed by atoms with Crippen molar-refractivity contribution in [2.75, 3.05) is 5.32 Å². The highest BCUT2D eigenvalue weighted by molar-refractivity contribution is 7.13. The summed E-state index contributed by atoms with van der Waals surface area (Å²) in [6, 6.07) is 7.72. The molecule has 4 heterocycles. The van der Waals surface area contributed by atoms with Crippen LogP contribution in [-0.2, 0) is 20.0 Å². The summed E-state index contributed by atoms with van der Waals surface area (Å²) in [6.45, 7) is 0.958. The van der Waals surface area contributed by atoms with Gasteiger partial charge in [0.15, 0.2) is 5.82 Å². The first-order valence-corrected chi connectivity index (χ1v) is 10.8. The minimum absolute atomic E-state index is 0.231. The molecule has 8 nitrogen and oxygen atoms in total. The number of hydrogen-bond donors (Lipinski definition) is 1. The minimum atomic E-state index is -0.231. The minimum Gasteiger partial charge on any atom is -0.321 e. The monoisotopic (exact) mass is 419 g/mol. The van der Waals surface area contributed by atoms with Crippen molar-refractivity contribution >= 4 is 22.9 Å². The van der Waals surface area contributed by atoms with Crippen molar-refractivity contribution in [3.05, 3.63) is 53.6 Å². The summed E-state index contributed by atoms with van der Waals surface area (Å²) in [5.41, 5.74) is 3.01. The predicted octanol–water partition coefficient (Wildman–Crippen LogP) is 3.78. The lowest BCUT2D eigenvalue weighted by Crippen LogP contribution is -2.12. The zero-order valence-corrected chi connectivity index (χ0v) is 17.4. The van der Waals surface area contributed by atoms with Crippen molar-refractivity contribution in [1.29, 1.82) is 0 Å². The zero-order valence-electron chi connectivity index (χ0n) is 16.6. The number of nitrogens with zero attached hydrogens (tertiary/aromatic N) is 6. The van der Waals surface area contributed by atoms with E-state index in [1.54, 1.807) is 16.3 Å². The van der Waals surface area contributed by atoms with Crippen LogP contribution in [0.3, 0.4) is 0 Å². The highest BCUT2D eigenvalue weighted by Gasteiger charge is 2.17. The lowest BCUT2D eigenvalue weighted by molar-refractivity contribution is 0.102. The molecular weight excluding hydrogens is 398 g/mol. The Morgan fingerprint density at radius 3 is 2.77 bits per heavy atom. The Hall–Kier alpha value is -3.33. The summed E-state index contributed by atoms with van der Waals surface area (Å²) < 4.78 is 3.93. The molecule has 0 spiro atoms. The predicted molar refractivity (Wildman–Crippen MR) is 115 cm³/mol.